The van der Waals surface area contributed by atoms with Gasteiger partial charge in [0.05, 0.1) is 33.6 Å². The van der Waals surface area contributed by atoms with Crippen molar-refractivity contribution in [1.29, 1.82) is 0 Å². The van der Waals surface area contributed by atoms with E-state index in [-0.39, 0.29) is 35.4 Å². The van der Waals surface area contributed by atoms with Gasteiger partial charge in [-0.3, -0.25) is 0 Å². The maximum absolute atomic E-state index is 9.74. The van der Waals surface area contributed by atoms with Crippen LogP contribution >= 0.6 is 0 Å². The van der Waals surface area contributed by atoms with Crippen LogP contribution in [0.2, 0.25) is 0 Å². The highest BCUT2D eigenvalue weighted by molar-refractivity contribution is 6.13. The zero-order valence-electron chi connectivity index (χ0n) is 38.2. The highest BCUT2D eigenvalue weighted by Gasteiger charge is 2.22. The van der Waals surface area contributed by atoms with Crippen molar-refractivity contribution < 1.29 is 5.48 Å². The molecule has 0 aliphatic carbocycles. The first-order valence-electron chi connectivity index (χ1n) is 23.3. The van der Waals surface area contributed by atoms with Crippen molar-refractivity contribution >= 4 is 88.2 Å². The van der Waals surface area contributed by atoms with E-state index in [1.165, 1.54) is 0 Å². The zero-order chi connectivity index (χ0) is 45.2. The van der Waals surface area contributed by atoms with Crippen LogP contribution in [-0.2, 0) is 0 Å². The smallest absolute Gasteiger partial charge is 0.0645 e. The topological polar surface area (TPSA) is 11.4 Å². The largest absolute Gasteiger partial charge is 0.310 e. The van der Waals surface area contributed by atoms with E-state index in [0.717, 1.165) is 88.2 Å². The summed E-state index contributed by atoms with van der Waals surface area (Å²) in [7, 11) is 0. The van der Waals surface area contributed by atoms with Gasteiger partial charge in [-0.15, -0.1) is 0 Å². The van der Waals surface area contributed by atoms with Crippen LogP contribution in [-0.4, -0.2) is 4.57 Å². The van der Waals surface area contributed by atoms with E-state index in [0.29, 0.717) is 5.56 Å². The molecule has 0 amide bonds. The van der Waals surface area contributed by atoms with Gasteiger partial charge < -0.3 is 14.4 Å². The van der Waals surface area contributed by atoms with Crippen molar-refractivity contribution in [2.75, 3.05) is 9.80 Å². The fourth-order valence-corrected chi connectivity index (χ4v) is 9.39. The number of anilines is 6. The summed E-state index contributed by atoms with van der Waals surface area (Å²) >= 11 is 0. The molecule has 3 heteroatoms. The molecule has 63 heavy (non-hydrogen) atoms. The molecule has 0 saturated carbocycles. The first kappa shape index (κ1) is 32.4. The third-order valence-corrected chi connectivity index (χ3v) is 12.2. The average Bonchev–Trinajstić information content (AvgIpc) is 3.71. The summed E-state index contributed by atoms with van der Waals surface area (Å²) in [6.07, 6.45) is 0. The maximum atomic E-state index is 9.74. The molecule has 3 nitrogen and oxygen atoms in total. The van der Waals surface area contributed by atoms with Gasteiger partial charge in [-0.2, -0.15) is 0 Å². The maximum Gasteiger partial charge on any atom is 0.0645 e. The van der Waals surface area contributed by atoms with Crippen LogP contribution in [0, 0.1) is 0 Å². The number of fused-ring (bicyclic) bond motifs is 6. The van der Waals surface area contributed by atoms with Crippen LogP contribution in [0.4, 0.5) is 34.1 Å². The number of hydrogen-bond acceptors (Lipinski definition) is 2. The number of nitrogens with zero attached hydrogens (tertiary/aromatic N) is 3. The quantitative estimate of drug-likeness (QED) is 0.151. The van der Waals surface area contributed by atoms with Gasteiger partial charge in [-0.05, 0) is 106 Å². The van der Waals surface area contributed by atoms with Crippen LogP contribution in [0.1, 0.15) is 5.48 Å². The van der Waals surface area contributed by atoms with Crippen LogP contribution < -0.4 is 9.80 Å². The Balaban J connectivity index is 1.08. The monoisotopic (exact) mass is 807 g/mol. The molecule has 11 aromatic carbocycles. The molecule has 1 aromatic heterocycles. The Hall–Kier alpha value is -8.40. The Morgan fingerprint density at radius 3 is 1.54 bits per heavy atom. The molecule has 12 aromatic rings. The highest BCUT2D eigenvalue weighted by Crippen LogP contribution is 2.46. The van der Waals surface area contributed by atoms with Crippen LogP contribution in [0.3, 0.4) is 0 Å². The Morgan fingerprint density at radius 2 is 0.825 bits per heavy atom. The molecule has 12 rings (SSSR count). The fourth-order valence-electron chi connectivity index (χ4n) is 9.39. The van der Waals surface area contributed by atoms with Crippen molar-refractivity contribution in [3.05, 3.63) is 249 Å². The predicted octanol–water partition coefficient (Wildman–Crippen LogP) is 16.8. The molecular formula is C60H41N3. The summed E-state index contributed by atoms with van der Waals surface area (Å²) < 4.78 is 41.2. The number of rotatable bonds is 8. The summed E-state index contributed by atoms with van der Waals surface area (Å²) in [5.41, 5.74) is 8.78. The van der Waals surface area contributed by atoms with Gasteiger partial charge in [0.25, 0.3) is 0 Å². The van der Waals surface area contributed by atoms with E-state index in [1.54, 1.807) is 0 Å². The average molecular weight is 808 g/mol. The summed E-state index contributed by atoms with van der Waals surface area (Å²) in [6.45, 7) is 0. The van der Waals surface area contributed by atoms with Crippen LogP contribution in [0.15, 0.2) is 249 Å². The molecule has 0 N–H and O–H groups in total. The highest BCUT2D eigenvalue weighted by atomic mass is 15.2. The van der Waals surface area contributed by atoms with E-state index >= 15 is 0 Å². The van der Waals surface area contributed by atoms with Crippen molar-refractivity contribution in [2.24, 2.45) is 0 Å². The molecular weight excluding hydrogens is 763 g/mol. The Bertz CT molecular complexity index is 3850. The van der Waals surface area contributed by atoms with E-state index in [1.807, 2.05) is 108 Å². The van der Waals surface area contributed by atoms with E-state index < -0.39 is 0 Å². The van der Waals surface area contributed by atoms with Gasteiger partial charge in [0.1, 0.15) is 0 Å². The second-order valence-corrected chi connectivity index (χ2v) is 15.8. The minimum atomic E-state index is -0.124. The molecule has 0 spiro atoms. The lowest BCUT2D eigenvalue weighted by atomic mass is 9.96. The van der Waals surface area contributed by atoms with Crippen molar-refractivity contribution in [2.45, 2.75) is 0 Å². The molecule has 0 unspecified atom stereocenters. The summed E-state index contributed by atoms with van der Waals surface area (Å²) in [5, 5.41) is 8.15. The SMILES string of the molecule is [2H]c1c([2H])c(N(c2ccccc2)c2cccc3ccccc23)c([2H])c([2H])c1-c1cccc2c(N(c3ccc4c(c3)c3ccccc3n4-c3ccccc3)c3cccc4ccccc34)cccc12. The molecule has 0 radical (unpaired) electrons. The fraction of sp³-hybridized carbons (Fsp3) is 0. The Morgan fingerprint density at radius 1 is 0.317 bits per heavy atom. The molecule has 1 heterocycles. The Kier molecular flexibility index (Phi) is 7.84. The summed E-state index contributed by atoms with van der Waals surface area (Å²) in [6, 6.07) is 76.0. The molecule has 0 aliphatic rings. The van der Waals surface area contributed by atoms with Gasteiger partial charge in [-0.1, -0.05) is 170 Å². The van der Waals surface area contributed by atoms with E-state index in [9.17, 15) is 5.48 Å². The lowest BCUT2D eigenvalue weighted by molar-refractivity contribution is 1.18. The summed E-state index contributed by atoms with van der Waals surface area (Å²) in [4.78, 5) is 4.19. The van der Waals surface area contributed by atoms with Gasteiger partial charge in [-0.25, -0.2) is 0 Å². The van der Waals surface area contributed by atoms with Gasteiger partial charge in [0, 0.05) is 49.7 Å². The first-order valence-corrected chi connectivity index (χ1v) is 21.3. The second-order valence-electron chi connectivity index (χ2n) is 15.8. The third kappa shape index (κ3) is 6.21. The van der Waals surface area contributed by atoms with Gasteiger partial charge in [0.15, 0.2) is 0 Å². The predicted molar refractivity (Wildman–Crippen MR) is 268 cm³/mol. The molecule has 0 saturated heterocycles. The standard InChI is InChI=1S/C60H41N3/c1-3-21-45(22-4-1)61(56-32-13-19-42-17-7-9-25-50(42)56)47-37-35-44(36-38-47)49-28-15-30-53-52(49)29-16-34-59(53)63(57-33-14-20-43-18-8-10-26-51(43)57)48-39-40-60-55(41-48)54-27-11-12-31-58(54)62(60)46-23-5-2-6-24-46/h1-41H/i35D,36D,37D,38D. The van der Waals surface area contributed by atoms with Crippen molar-refractivity contribution in [1.82, 2.24) is 4.57 Å². The molecule has 0 atom stereocenters. The first-order chi connectivity index (χ1) is 33.0. The van der Waals surface area contributed by atoms with Gasteiger partial charge in [0.2, 0.25) is 0 Å². The van der Waals surface area contributed by atoms with E-state index in [2.05, 4.69) is 131 Å². The second kappa shape index (κ2) is 15.3. The van der Waals surface area contributed by atoms with Crippen LogP contribution in [0.25, 0.3) is 70.9 Å². The van der Waals surface area contributed by atoms with Crippen LogP contribution in [0.5, 0.6) is 0 Å². The van der Waals surface area contributed by atoms with Gasteiger partial charge >= 0.3 is 0 Å². The normalized spacial score (nSPS) is 12.4. The Labute approximate surface area is 372 Å². The minimum absolute atomic E-state index is 0.110. The molecule has 296 valence electrons. The summed E-state index contributed by atoms with van der Waals surface area (Å²) in [5.74, 6) is 0. The molecule has 0 aliphatic heterocycles. The number of aromatic nitrogens is 1. The number of para-hydroxylation sites is 3. The van der Waals surface area contributed by atoms with Crippen molar-refractivity contribution in [3.8, 4) is 16.8 Å². The van der Waals surface area contributed by atoms with E-state index in [4.69, 9.17) is 0 Å². The minimum Gasteiger partial charge on any atom is -0.310 e. The number of hydrogen-bond donors (Lipinski definition) is 0. The molecule has 0 fully saturated rings. The zero-order valence-corrected chi connectivity index (χ0v) is 34.2. The lowest BCUT2D eigenvalue weighted by Crippen LogP contribution is -2.11. The third-order valence-electron chi connectivity index (χ3n) is 12.2. The number of benzene rings is 11. The molecule has 0 bridgehead atoms. The lowest BCUT2D eigenvalue weighted by Gasteiger charge is -2.29. The van der Waals surface area contributed by atoms with Crippen molar-refractivity contribution in [3.63, 3.8) is 0 Å².